The molecule has 5 rings (SSSR count). The van der Waals surface area contributed by atoms with Gasteiger partial charge in [-0.05, 0) is 67.8 Å². The van der Waals surface area contributed by atoms with Gasteiger partial charge in [-0.2, -0.15) is 25.6 Å². The van der Waals surface area contributed by atoms with E-state index in [-0.39, 0.29) is 5.92 Å². The highest BCUT2D eigenvalue weighted by Gasteiger charge is 2.23. The molecule has 0 amide bonds. The molecule has 10 heteroatoms. The summed E-state index contributed by atoms with van der Waals surface area (Å²) >= 11 is 0. The van der Waals surface area contributed by atoms with Crippen LogP contribution in [0.15, 0.2) is 42.2 Å². The van der Waals surface area contributed by atoms with E-state index in [1.807, 2.05) is 55.7 Å². The van der Waals surface area contributed by atoms with Gasteiger partial charge in [-0.15, -0.1) is 0 Å². The van der Waals surface area contributed by atoms with Crippen molar-refractivity contribution in [1.82, 2.24) is 29.7 Å². The van der Waals surface area contributed by atoms with Gasteiger partial charge in [-0.1, -0.05) is 0 Å². The number of aromatic amines is 1. The Hall–Kier alpha value is -4.96. The summed E-state index contributed by atoms with van der Waals surface area (Å²) in [5.74, 6) is 2.03. The van der Waals surface area contributed by atoms with E-state index < -0.39 is 0 Å². The molecule has 178 valence electrons. The largest absolute Gasteiger partial charge is 0.436 e. The van der Waals surface area contributed by atoms with E-state index in [4.69, 9.17) is 25.2 Å². The lowest BCUT2D eigenvalue weighted by Gasteiger charge is -2.20. The average Bonchev–Trinajstić information content (AvgIpc) is 3.45. The SMILES string of the molecule is Cc1cc(/C=C/C#N)cc(C)c1Oc1nc(NC2=CC(C#N)C2)nc2c1nc(C)n2Cc1ccn[nH]1. The van der Waals surface area contributed by atoms with E-state index in [2.05, 4.69) is 26.6 Å². The fourth-order valence-electron chi connectivity index (χ4n) is 4.18. The molecule has 1 unspecified atom stereocenters. The van der Waals surface area contributed by atoms with Gasteiger partial charge in [0.2, 0.25) is 5.95 Å². The highest BCUT2D eigenvalue weighted by molar-refractivity contribution is 5.79. The van der Waals surface area contributed by atoms with Crippen molar-refractivity contribution in [3.05, 3.63) is 70.5 Å². The van der Waals surface area contributed by atoms with E-state index in [1.165, 1.54) is 6.08 Å². The summed E-state index contributed by atoms with van der Waals surface area (Å²) in [6.07, 6.45) is 7.40. The second kappa shape index (κ2) is 9.35. The molecular formula is C26H23N9O. The Bertz CT molecular complexity index is 1570. The van der Waals surface area contributed by atoms with Crippen LogP contribution in [0.5, 0.6) is 11.6 Å². The molecule has 1 aromatic carbocycles. The van der Waals surface area contributed by atoms with Crippen molar-refractivity contribution >= 4 is 23.2 Å². The first-order valence-electron chi connectivity index (χ1n) is 11.4. The fraction of sp³-hybridized carbons (Fsp3) is 0.231. The number of nitriles is 2. The van der Waals surface area contributed by atoms with Gasteiger partial charge in [-0.25, -0.2) is 4.98 Å². The van der Waals surface area contributed by atoms with Gasteiger partial charge in [0.15, 0.2) is 11.2 Å². The van der Waals surface area contributed by atoms with Crippen molar-refractivity contribution in [2.45, 2.75) is 33.7 Å². The summed E-state index contributed by atoms with van der Waals surface area (Å²) < 4.78 is 8.36. The van der Waals surface area contributed by atoms with Crippen molar-refractivity contribution < 1.29 is 4.74 Å². The van der Waals surface area contributed by atoms with Crippen LogP contribution in [-0.2, 0) is 6.54 Å². The van der Waals surface area contributed by atoms with Gasteiger partial charge in [-0.3, -0.25) is 5.10 Å². The van der Waals surface area contributed by atoms with Crippen molar-refractivity contribution in [3.63, 3.8) is 0 Å². The second-order valence-corrected chi connectivity index (χ2v) is 8.66. The van der Waals surface area contributed by atoms with E-state index in [9.17, 15) is 0 Å². The van der Waals surface area contributed by atoms with Crippen molar-refractivity contribution in [2.75, 3.05) is 5.32 Å². The topological polar surface area (TPSA) is 141 Å². The van der Waals surface area contributed by atoms with Gasteiger partial charge in [0, 0.05) is 24.4 Å². The third kappa shape index (κ3) is 4.40. The highest BCUT2D eigenvalue weighted by Crippen LogP contribution is 2.34. The van der Waals surface area contributed by atoms with Crippen LogP contribution in [0.3, 0.4) is 0 Å². The molecule has 0 spiro atoms. The zero-order valence-corrected chi connectivity index (χ0v) is 20.1. The minimum absolute atomic E-state index is 0.0981. The Morgan fingerprint density at radius 3 is 2.64 bits per heavy atom. The molecule has 2 N–H and O–H groups in total. The van der Waals surface area contributed by atoms with Crippen LogP contribution in [0.1, 0.15) is 34.6 Å². The molecule has 1 aliphatic rings. The summed E-state index contributed by atoms with van der Waals surface area (Å²) in [5.41, 5.74) is 5.70. The van der Waals surface area contributed by atoms with Crippen molar-refractivity contribution in [3.8, 4) is 23.8 Å². The quantitative estimate of drug-likeness (QED) is 0.365. The number of rotatable bonds is 7. The van der Waals surface area contributed by atoms with Gasteiger partial charge in [0.25, 0.3) is 5.88 Å². The number of fused-ring (bicyclic) bond motifs is 1. The third-order valence-electron chi connectivity index (χ3n) is 5.95. The van der Waals surface area contributed by atoms with Crippen LogP contribution in [0, 0.1) is 49.4 Å². The zero-order chi connectivity index (χ0) is 25.2. The van der Waals surface area contributed by atoms with Gasteiger partial charge >= 0.3 is 0 Å². The van der Waals surface area contributed by atoms with Crippen molar-refractivity contribution in [2.24, 2.45) is 5.92 Å². The number of H-pyrrole nitrogens is 1. The van der Waals surface area contributed by atoms with Crippen LogP contribution in [0.2, 0.25) is 0 Å². The van der Waals surface area contributed by atoms with E-state index in [0.717, 1.165) is 33.9 Å². The lowest BCUT2D eigenvalue weighted by atomic mass is 9.93. The molecule has 0 fully saturated rings. The Labute approximate surface area is 207 Å². The number of anilines is 1. The first-order valence-corrected chi connectivity index (χ1v) is 11.4. The maximum Gasteiger partial charge on any atom is 0.252 e. The van der Waals surface area contributed by atoms with Gasteiger partial charge in [0.05, 0.1) is 30.3 Å². The normalized spacial score (nSPS) is 14.8. The first-order chi connectivity index (χ1) is 17.4. The molecule has 0 aliphatic heterocycles. The number of allylic oxidation sites excluding steroid dienone is 3. The number of ether oxygens (including phenoxy) is 1. The monoisotopic (exact) mass is 477 g/mol. The molecule has 4 aromatic rings. The number of benzene rings is 1. The van der Waals surface area contributed by atoms with Crippen LogP contribution in [-0.4, -0.2) is 29.7 Å². The molecule has 0 radical (unpaired) electrons. The molecule has 1 aliphatic carbocycles. The molecule has 3 heterocycles. The lowest BCUT2D eigenvalue weighted by molar-refractivity contribution is 0.460. The zero-order valence-electron chi connectivity index (χ0n) is 20.1. The number of nitrogens with zero attached hydrogens (tertiary/aromatic N) is 7. The standard InChI is InChI=1S/C26H23N9O/c1-15-9-18(5-4-7-27)10-16(2)23(15)36-25-22-24(32-26(33-25)31-21-11-19(12-21)13-28)35(17(3)30-22)14-20-6-8-29-34-20/h4-6,8-11,19H,12,14H2,1-3H3,(H,29,34)(H,31,32,33)/b5-4+. The number of aryl methyl sites for hydroxylation is 3. The van der Waals surface area contributed by atoms with Gasteiger partial charge in [0.1, 0.15) is 11.6 Å². The first kappa shape index (κ1) is 22.8. The smallest absolute Gasteiger partial charge is 0.252 e. The second-order valence-electron chi connectivity index (χ2n) is 8.66. The summed E-state index contributed by atoms with van der Waals surface area (Å²) in [6, 6.07) is 10.1. The molecule has 0 bridgehead atoms. The highest BCUT2D eigenvalue weighted by atomic mass is 16.5. The number of imidazole rings is 1. The Balaban J connectivity index is 1.59. The summed E-state index contributed by atoms with van der Waals surface area (Å²) in [4.78, 5) is 14.1. The summed E-state index contributed by atoms with van der Waals surface area (Å²) in [7, 11) is 0. The average molecular weight is 478 g/mol. The van der Waals surface area contributed by atoms with Gasteiger partial charge < -0.3 is 14.6 Å². The molecular weight excluding hydrogens is 454 g/mol. The van der Waals surface area contributed by atoms with Crippen LogP contribution in [0.4, 0.5) is 5.95 Å². The van der Waals surface area contributed by atoms with Crippen LogP contribution >= 0.6 is 0 Å². The Morgan fingerprint density at radius 1 is 1.19 bits per heavy atom. The Kier molecular flexibility index (Phi) is 5.93. The number of nitrogens with one attached hydrogen (secondary N) is 2. The molecule has 36 heavy (non-hydrogen) atoms. The molecule has 10 nitrogen and oxygen atoms in total. The molecule has 0 saturated heterocycles. The number of hydrogen-bond acceptors (Lipinski definition) is 8. The molecule has 1 atom stereocenters. The predicted molar refractivity (Wildman–Crippen MR) is 134 cm³/mol. The van der Waals surface area contributed by atoms with E-state index in [1.54, 1.807) is 12.3 Å². The maximum absolute atomic E-state index is 9.09. The number of hydrogen-bond donors (Lipinski definition) is 2. The lowest BCUT2D eigenvalue weighted by Crippen LogP contribution is -2.16. The maximum atomic E-state index is 9.09. The summed E-state index contributed by atoms with van der Waals surface area (Å²) in [6.45, 7) is 6.32. The summed E-state index contributed by atoms with van der Waals surface area (Å²) in [5, 5.41) is 28.2. The fourth-order valence-corrected chi connectivity index (χ4v) is 4.18. The minimum Gasteiger partial charge on any atom is -0.436 e. The molecule has 3 aromatic heterocycles. The third-order valence-corrected chi connectivity index (χ3v) is 5.95. The predicted octanol–water partition coefficient (Wildman–Crippen LogP) is 4.69. The van der Waals surface area contributed by atoms with Crippen LogP contribution < -0.4 is 10.1 Å². The van der Waals surface area contributed by atoms with E-state index in [0.29, 0.717) is 41.7 Å². The molecule has 0 saturated carbocycles. The van der Waals surface area contributed by atoms with Crippen molar-refractivity contribution in [1.29, 1.82) is 10.5 Å². The van der Waals surface area contributed by atoms with Crippen LogP contribution in [0.25, 0.3) is 17.2 Å². The number of aromatic nitrogens is 6. The van der Waals surface area contributed by atoms with E-state index >= 15 is 0 Å². The Morgan fingerprint density at radius 2 is 1.97 bits per heavy atom. The minimum atomic E-state index is -0.0981.